The number of hydrogen-bond donors (Lipinski definition) is 3. The molecule has 0 saturated heterocycles. The van der Waals surface area contributed by atoms with Crippen molar-refractivity contribution in [2.45, 2.75) is 26.0 Å². The number of rotatable bonds is 6. The van der Waals surface area contributed by atoms with Crippen molar-refractivity contribution in [3.05, 3.63) is 29.3 Å². The molecule has 1 atom stereocenters. The van der Waals surface area contributed by atoms with Crippen molar-refractivity contribution in [2.24, 2.45) is 0 Å². The molecule has 2 rings (SSSR count). The van der Waals surface area contributed by atoms with E-state index in [-0.39, 0.29) is 6.10 Å². The molecule has 92 valence electrons. The third-order valence-electron chi connectivity index (χ3n) is 2.65. The molecule has 0 aliphatic heterocycles. The first-order chi connectivity index (χ1) is 8.31. The van der Waals surface area contributed by atoms with Gasteiger partial charge in [-0.05, 0) is 17.9 Å². The average molecular weight is 251 g/mol. The first kappa shape index (κ1) is 12.3. The van der Waals surface area contributed by atoms with E-state index in [1.54, 1.807) is 11.3 Å². The maximum atomic E-state index is 9.46. The number of thiophene rings is 1. The zero-order valence-electron chi connectivity index (χ0n) is 9.81. The Kier molecular flexibility index (Phi) is 4.30. The number of aromatic amines is 1. The van der Waals surface area contributed by atoms with Gasteiger partial charge in [0.2, 0.25) is 0 Å². The van der Waals surface area contributed by atoms with Crippen LogP contribution in [0.5, 0.6) is 0 Å². The van der Waals surface area contributed by atoms with Crippen LogP contribution in [0.4, 0.5) is 0 Å². The van der Waals surface area contributed by atoms with Crippen LogP contribution in [0.1, 0.15) is 18.9 Å². The zero-order chi connectivity index (χ0) is 12.1. The Bertz CT molecular complexity index is 438. The van der Waals surface area contributed by atoms with Gasteiger partial charge in [-0.3, -0.25) is 5.10 Å². The van der Waals surface area contributed by atoms with E-state index in [0.717, 1.165) is 24.2 Å². The fourth-order valence-electron chi connectivity index (χ4n) is 1.60. The van der Waals surface area contributed by atoms with Gasteiger partial charge in [-0.1, -0.05) is 13.0 Å². The molecule has 2 aromatic heterocycles. The first-order valence-electron chi connectivity index (χ1n) is 5.76. The van der Waals surface area contributed by atoms with Gasteiger partial charge in [-0.15, -0.1) is 11.3 Å². The number of nitrogens with one attached hydrogen (secondary N) is 2. The van der Waals surface area contributed by atoms with Crippen LogP contribution < -0.4 is 5.32 Å². The third kappa shape index (κ3) is 3.15. The van der Waals surface area contributed by atoms with Gasteiger partial charge in [0.15, 0.2) is 0 Å². The van der Waals surface area contributed by atoms with Crippen LogP contribution in [-0.2, 0) is 6.54 Å². The molecule has 0 amide bonds. The summed E-state index contributed by atoms with van der Waals surface area (Å²) in [5.41, 5.74) is 2.20. The molecule has 4 nitrogen and oxygen atoms in total. The van der Waals surface area contributed by atoms with Gasteiger partial charge in [0, 0.05) is 18.7 Å². The summed E-state index contributed by atoms with van der Waals surface area (Å²) in [6, 6.07) is 4.10. The van der Waals surface area contributed by atoms with Gasteiger partial charge in [0.25, 0.3) is 0 Å². The molecule has 0 radical (unpaired) electrons. The van der Waals surface area contributed by atoms with E-state index in [4.69, 9.17) is 0 Å². The number of hydrogen-bond acceptors (Lipinski definition) is 4. The fraction of sp³-hybridized carbons (Fsp3) is 0.417. The number of aliphatic hydroxyl groups is 1. The highest BCUT2D eigenvalue weighted by atomic mass is 32.1. The number of nitrogens with zero attached hydrogens (tertiary/aromatic N) is 1. The van der Waals surface area contributed by atoms with Crippen molar-refractivity contribution in [1.82, 2.24) is 15.5 Å². The highest BCUT2D eigenvalue weighted by Gasteiger charge is 2.08. The van der Waals surface area contributed by atoms with Crippen LogP contribution in [0.25, 0.3) is 10.6 Å². The van der Waals surface area contributed by atoms with Gasteiger partial charge >= 0.3 is 0 Å². The SMILES string of the molecule is CCC(O)CNCc1cn[nH]c1-c1cccs1. The van der Waals surface area contributed by atoms with Crippen LogP contribution >= 0.6 is 11.3 Å². The van der Waals surface area contributed by atoms with Crippen molar-refractivity contribution >= 4 is 11.3 Å². The quantitative estimate of drug-likeness (QED) is 0.736. The lowest BCUT2D eigenvalue weighted by Crippen LogP contribution is -2.25. The van der Waals surface area contributed by atoms with Crippen LogP contribution in [0.2, 0.25) is 0 Å². The lowest BCUT2D eigenvalue weighted by molar-refractivity contribution is 0.167. The molecular formula is C12H17N3OS. The monoisotopic (exact) mass is 251 g/mol. The van der Waals surface area contributed by atoms with Crippen LogP contribution in [0.3, 0.4) is 0 Å². The Labute approximate surface area is 105 Å². The lowest BCUT2D eigenvalue weighted by Gasteiger charge is -2.08. The molecule has 2 aromatic rings. The number of H-pyrrole nitrogens is 1. The van der Waals surface area contributed by atoms with E-state index in [0.29, 0.717) is 6.54 Å². The fourth-order valence-corrected chi connectivity index (χ4v) is 2.35. The molecule has 5 heteroatoms. The predicted octanol–water partition coefficient (Wildman–Crippen LogP) is 2.00. The van der Waals surface area contributed by atoms with Gasteiger partial charge in [-0.25, -0.2) is 0 Å². The topological polar surface area (TPSA) is 60.9 Å². The summed E-state index contributed by atoms with van der Waals surface area (Å²) < 4.78 is 0. The van der Waals surface area contributed by atoms with E-state index in [1.165, 1.54) is 4.88 Å². The first-order valence-corrected chi connectivity index (χ1v) is 6.64. The maximum Gasteiger partial charge on any atom is 0.0794 e. The predicted molar refractivity (Wildman–Crippen MR) is 69.9 cm³/mol. The minimum Gasteiger partial charge on any atom is -0.392 e. The van der Waals surface area contributed by atoms with E-state index in [2.05, 4.69) is 21.6 Å². The minimum atomic E-state index is -0.271. The van der Waals surface area contributed by atoms with Crippen molar-refractivity contribution in [1.29, 1.82) is 0 Å². The molecule has 1 unspecified atom stereocenters. The van der Waals surface area contributed by atoms with Gasteiger partial charge in [-0.2, -0.15) is 5.10 Å². The Morgan fingerprint density at radius 3 is 3.18 bits per heavy atom. The summed E-state index contributed by atoms with van der Waals surface area (Å²) in [4.78, 5) is 1.19. The standard InChI is InChI=1S/C12H17N3OS/c1-2-10(16)8-13-6-9-7-14-15-12(9)11-4-3-5-17-11/h3-5,7,10,13,16H,2,6,8H2,1H3,(H,14,15). The molecular weight excluding hydrogens is 234 g/mol. The largest absolute Gasteiger partial charge is 0.392 e. The highest BCUT2D eigenvalue weighted by Crippen LogP contribution is 2.25. The number of aromatic nitrogens is 2. The van der Waals surface area contributed by atoms with Crippen molar-refractivity contribution in [2.75, 3.05) is 6.54 Å². The zero-order valence-corrected chi connectivity index (χ0v) is 10.6. The highest BCUT2D eigenvalue weighted by molar-refractivity contribution is 7.13. The minimum absolute atomic E-state index is 0.271. The van der Waals surface area contributed by atoms with Gasteiger partial charge in [0.1, 0.15) is 0 Å². The molecule has 0 aliphatic carbocycles. The van der Waals surface area contributed by atoms with Crippen LogP contribution in [0.15, 0.2) is 23.7 Å². The van der Waals surface area contributed by atoms with Crippen LogP contribution in [0, 0.1) is 0 Å². The summed E-state index contributed by atoms with van der Waals surface area (Å²) >= 11 is 1.69. The van der Waals surface area contributed by atoms with E-state index < -0.39 is 0 Å². The molecule has 0 saturated carbocycles. The van der Waals surface area contributed by atoms with Gasteiger partial charge in [0.05, 0.1) is 22.9 Å². The third-order valence-corrected chi connectivity index (χ3v) is 3.54. The molecule has 0 aromatic carbocycles. The van der Waals surface area contributed by atoms with E-state index >= 15 is 0 Å². The van der Waals surface area contributed by atoms with E-state index in [9.17, 15) is 5.11 Å². The molecule has 17 heavy (non-hydrogen) atoms. The summed E-state index contributed by atoms with van der Waals surface area (Å²) in [6.45, 7) is 3.31. The molecule has 0 spiro atoms. The smallest absolute Gasteiger partial charge is 0.0794 e. The molecule has 0 fully saturated rings. The normalized spacial score (nSPS) is 12.8. The second kappa shape index (κ2) is 5.95. The lowest BCUT2D eigenvalue weighted by atomic mass is 10.2. The summed E-state index contributed by atoms with van der Waals surface area (Å²) in [6.07, 6.45) is 2.34. The Morgan fingerprint density at radius 1 is 1.59 bits per heavy atom. The van der Waals surface area contributed by atoms with Crippen molar-refractivity contribution in [3.8, 4) is 10.6 Å². The molecule has 0 aliphatic rings. The Balaban J connectivity index is 1.96. The van der Waals surface area contributed by atoms with Gasteiger partial charge < -0.3 is 10.4 Å². The summed E-state index contributed by atoms with van der Waals surface area (Å²) in [5, 5.41) is 21.8. The molecule has 2 heterocycles. The Morgan fingerprint density at radius 2 is 2.47 bits per heavy atom. The average Bonchev–Trinajstić information content (AvgIpc) is 2.98. The second-order valence-corrected chi connectivity index (χ2v) is 4.89. The summed E-state index contributed by atoms with van der Waals surface area (Å²) in [5.74, 6) is 0. The summed E-state index contributed by atoms with van der Waals surface area (Å²) in [7, 11) is 0. The molecule has 0 bridgehead atoms. The second-order valence-electron chi connectivity index (χ2n) is 3.94. The van der Waals surface area contributed by atoms with Crippen LogP contribution in [-0.4, -0.2) is 28.0 Å². The number of aliphatic hydroxyl groups excluding tert-OH is 1. The Hall–Kier alpha value is -1.17. The molecule has 3 N–H and O–H groups in total. The van der Waals surface area contributed by atoms with Crippen molar-refractivity contribution in [3.63, 3.8) is 0 Å². The van der Waals surface area contributed by atoms with Crippen molar-refractivity contribution < 1.29 is 5.11 Å². The van der Waals surface area contributed by atoms with E-state index in [1.807, 2.05) is 24.6 Å². The maximum absolute atomic E-state index is 9.46.